The van der Waals surface area contributed by atoms with Gasteiger partial charge in [-0.05, 0) is 48.9 Å². The third kappa shape index (κ3) is 4.16. The summed E-state index contributed by atoms with van der Waals surface area (Å²) in [5.41, 5.74) is 0.354. The van der Waals surface area contributed by atoms with Crippen molar-refractivity contribution in [2.24, 2.45) is 0 Å². The van der Waals surface area contributed by atoms with E-state index in [1.54, 1.807) is 0 Å². The van der Waals surface area contributed by atoms with E-state index in [2.05, 4.69) is 0 Å². The lowest BCUT2D eigenvalue weighted by molar-refractivity contribution is 0.0337. The molecule has 0 aliphatic heterocycles. The molecule has 0 unspecified atom stereocenters. The molecule has 0 saturated heterocycles. The Balaban J connectivity index is 2.13. The second kappa shape index (κ2) is 7.77. The Bertz CT molecular complexity index is 895. The van der Waals surface area contributed by atoms with E-state index in [9.17, 15) is 26.4 Å². The smallest absolute Gasteiger partial charge is 0.341 e. The number of ether oxygens (including phenoxy) is 2. The largest absolute Gasteiger partial charge is 0.494 e. The standard InChI is InChI=1S/C17H15F3O5S/c1-10(12-5-8-15(24-2)14(18)9-12)25-16(21)11-3-6-13(7-4-11)26(22,23)17(19)20/h3-10,17H,1-2H3/t10-/m1/s1. The number of halogens is 3. The minimum Gasteiger partial charge on any atom is -0.494 e. The summed E-state index contributed by atoms with van der Waals surface area (Å²) in [6.07, 6.45) is -0.799. The van der Waals surface area contributed by atoms with Gasteiger partial charge in [-0.3, -0.25) is 0 Å². The Labute approximate surface area is 148 Å². The highest BCUT2D eigenvalue weighted by molar-refractivity contribution is 7.91. The maximum atomic E-state index is 13.7. The van der Waals surface area contributed by atoms with Gasteiger partial charge in [0.25, 0.3) is 0 Å². The molecule has 5 nitrogen and oxygen atoms in total. The molecule has 26 heavy (non-hydrogen) atoms. The fourth-order valence-corrected chi connectivity index (χ4v) is 2.84. The highest BCUT2D eigenvalue weighted by Crippen LogP contribution is 2.25. The first-order chi connectivity index (χ1) is 12.2. The number of benzene rings is 2. The maximum Gasteiger partial charge on any atom is 0.341 e. The summed E-state index contributed by atoms with van der Waals surface area (Å²) in [5, 5.41) is 0. The number of esters is 1. The van der Waals surface area contributed by atoms with Crippen molar-refractivity contribution in [2.45, 2.75) is 23.7 Å². The van der Waals surface area contributed by atoms with Crippen LogP contribution in [0, 0.1) is 5.82 Å². The van der Waals surface area contributed by atoms with Gasteiger partial charge in [-0.1, -0.05) is 6.07 Å². The zero-order valence-electron chi connectivity index (χ0n) is 13.8. The Morgan fingerprint density at radius 1 is 1.08 bits per heavy atom. The summed E-state index contributed by atoms with van der Waals surface area (Å²) in [4.78, 5) is 11.5. The van der Waals surface area contributed by atoms with Gasteiger partial charge in [0.1, 0.15) is 6.10 Å². The summed E-state index contributed by atoms with van der Waals surface area (Å²) >= 11 is 0. The minimum absolute atomic E-state index is 0.0287. The average Bonchev–Trinajstić information content (AvgIpc) is 2.61. The maximum absolute atomic E-state index is 13.7. The molecule has 0 heterocycles. The van der Waals surface area contributed by atoms with Gasteiger partial charge in [-0.2, -0.15) is 8.78 Å². The molecule has 1 atom stereocenters. The number of carbonyl (C=O) groups is 1. The number of hydrogen-bond acceptors (Lipinski definition) is 5. The van der Waals surface area contributed by atoms with Crippen molar-refractivity contribution < 1.29 is 35.9 Å². The lowest BCUT2D eigenvalue weighted by Crippen LogP contribution is -2.12. The highest BCUT2D eigenvalue weighted by Gasteiger charge is 2.26. The quantitative estimate of drug-likeness (QED) is 0.705. The lowest BCUT2D eigenvalue weighted by atomic mass is 10.1. The molecule has 0 fully saturated rings. The predicted molar refractivity (Wildman–Crippen MR) is 86.4 cm³/mol. The van der Waals surface area contributed by atoms with Gasteiger partial charge in [0.15, 0.2) is 11.6 Å². The van der Waals surface area contributed by atoms with E-state index in [1.807, 2.05) is 0 Å². The molecular weight excluding hydrogens is 373 g/mol. The van der Waals surface area contributed by atoms with Crippen molar-refractivity contribution >= 4 is 15.8 Å². The number of sulfone groups is 1. The van der Waals surface area contributed by atoms with E-state index in [-0.39, 0.29) is 11.3 Å². The first kappa shape index (κ1) is 19.8. The molecule has 2 aromatic carbocycles. The van der Waals surface area contributed by atoms with Crippen LogP contribution in [0.5, 0.6) is 5.75 Å². The monoisotopic (exact) mass is 388 g/mol. The highest BCUT2D eigenvalue weighted by atomic mass is 32.2. The van der Waals surface area contributed by atoms with E-state index in [4.69, 9.17) is 9.47 Å². The SMILES string of the molecule is COc1ccc([C@@H](C)OC(=O)c2ccc(S(=O)(=O)C(F)F)cc2)cc1F. The van der Waals surface area contributed by atoms with Crippen LogP contribution in [-0.2, 0) is 14.6 Å². The van der Waals surface area contributed by atoms with E-state index in [1.165, 1.54) is 26.2 Å². The van der Waals surface area contributed by atoms with Crippen LogP contribution >= 0.6 is 0 Å². The van der Waals surface area contributed by atoms with Crippen LogP contribution in [0.1, 0.15) is 28.9 Å². The molecule has 0 aliphatic rings. The second-order valence-corrected chi connectivity index (χ2v) is 7.19. The van der Waals surface area contributed by atoms with Gasteiger partial charge in [0.05, 0.1) is 17.6 Å². The van der Waals surface area contributed by atoms with Gasteiger partial charge in [0.2, 0.25) is 9.84 Å². The molecule has 140 valence electrons. The van der Waals surface area contributed by atoms with Crippen molar-refractivity contribution in [2.75, 3.05) is 7.11 Å². The van der Waals surface area contributed by atoms with Crippen LogP contribution in [0.2, 0.25) is 0 Å². The summed E-state index contributed by atoms with van der Waals surface area (Å²) in [6.45, 7) is 1.52. The van der Waals surface area contributed by atoms with Crippen molar-refractivity contribution in [1.82, 2.24) is 0 Å². The molecule has 0 radical (unpaired) electrons. The normalized spacial score (nSPS) is 12.7. The number of carbonyl (C=O) groups excluding carboxylic acids is 1. The summed E-state index contributed by atoms with van der Waals surface area (Å²) in [6, 6.07) is 8.01. The molecule has 2 aromatic rings. The average molecular weight is 388 g/mol. The molecule has 0 aromatic heterocycles. The Hall–Kier alpha value is -2.55. The molecule has 0 amide bonds. The minimum atomic E-state index is -4.74. The van der Waals surface area contributed by atoms with Gasteiger partial charge in [0, 0.05) is 0 Å². The van der Waals surface area contributed by atoms with Crippen molar-refractivity contribution in [3.05, 3.63) is 59.4 Å². The van der Waals surface area contributed by atoms with Crippen molar-refractivity contribution in [1.29, 1.82) is 0 Å². The molecular formula is C17H15F3O5S. The third-order valence-electron chi connectivity index (χ3n) is 3.58. The summed E-state index contributed by atoms with van der Waals surface area (Å²) in [7, 11) is -3.42. The van der Waals surface area contributed by atoms with Crippen molar-refractivity contribution in [3.63, 3.8) is 0 Å². The van der Waals surface area contributed by atoms with Gasteiger partial charge >= 0.3 is 11.7 Å². The van der Waals surface area contributed by atoms with E-state index in [0.717, 1.165) is 30.3 Å². The number of hydrogen-bond donors (Lipinski definition) is 0. The van der Waals surface area contributed by atoms with Crippen LogP contribution in [-0.4, -0.2) is 27.3 Å². The van der Waals surface area contributed by atoms with E-state index >= 15 is 0 Å². The molecule has 0 bridgehead atoms. The number of alkyl halides is 2. The van der Waals surface area contributed by atoms with Crippen LogP contribution in [0.3, 0.4) is 0 Å². The zero-order valence-corrected chi connectivity index (χ0v) is 14.6. The molecule has 9 heteroatoms. The Morgan fingerprint density at radius 3 is 2.19 bits per heavy atom. The van der Waals surface area contributed by atoms with Crippen molar-refractivity contribution in [3.8, 4) is 5.75 Å². The Kier molecular flexibility index (Phi) is 5.91. The van der Waals surface area contributed by atoms with E-state index < -0.39 is 38.4 Å². The van der Waals surface area contributed by atoms with Gasteiger partial charge < -0.3 is 9.47 Å². The summed E-state index contributed by atoms with van der Waals surface area (Å²) < 4.78 is 71.4. The Morgan fingerprint density at radius 2 is 1.69 bits per heavy atom. The molecule has 0 aliphatic carbocycles. The summed E-state index contributed by atoms with van der Waals surface area (Å²) in [5.74, 6) is -4.93. The number of rotatable bonds is 6. The van der Waals surface area contributed by atoms with E-state index in [0.29, 0.717) is 5.56 Å². The molecule has 2 rings (SSSR count). The first-order valence-electron chi connectivity index (χ1n) is 7.33. The number of methoxy groups -OCH3 is 1. The molecule has 0 spiro atoms. The second-order valence-electron chi connectivity index (χ2n) is 5.27. The van der Waals surface area contributed by atoms with Crippen LogP contribution in [0.15, 0.2) is 47.4 Å². The third-order valence-corrected chi connectivity index (χ3v) is 4.98. The first-order valence-corrected chi connectivity index (χ1v) is 8.88. The fraction of sp³-hybridized carbons (Fsp3) is 0.235. The fourth-order valence-electron chi connectivity index (χ4n) is 2.12. The lowest BCUT2D eigenvalue weighted by Gasteiger charge is -2.14. The molecule has 0 saturated carbocycles. The van der Waals surface area contributed by atoms with Crippen LogP contribution < -0.4 is 4.74 Å². The van der Waals surface area contributed by atoms with Gasteiger partial charge in [-0.25, -0.2) is 17.6 Å². The predicted octanol–water partition coefficient (Wildman–Crippen LogP) is 3.75. The van der Waals surface area contributed by atoms with Crippen LogP contribution in [0.4, 0.5) is 13.2 Å². The van der Waals surface area contributed by atoms with Crippen LogP contribution in [0.25, 0.3) is 0 Å². The molecule has 0 N–H and O–H groups in total. The zero-order chi connectivity index (χ0) is 19.5. The van der Waals surface area contributed by atoms with Gasteiger partial charge in [-0.15, -0.1) is 0 Å². The topological polar surface area (TPSA) is 69.7 Å².